The summed E-state index contributed by atoms with van der Waals surface area (Å²) in [5.41, 5.74) is 0.626. The molecule has 0 bridgehead atoms. The highest BCUT2D eigenvalue weighted by atomic mass is 32.1. The van der Waals surface area contributed by atoms with E-state index in [9.17, 15) is 13.6 Å². The van der Waals surface area contributed by atoms with Gasteiger partial charge in [0, 0.05) is 6.07 Å². The zero-order valence-electron chi connectivity index (χ0n) is 12.7. The molecule has 0 saturated carbocycles. The van der Waals surface area contributed by atoms with E-state index in [4.69, 9.17) is 0 Å². The Morgan fingerprint density at radius 2 is 2.17 bits per heavy atom. The van der Waals surface area contributed by atoms with Crippen molar-refractivity contribution < 1.29 is 13.5 Å². The molecule has 0 atom stereocenters. The number of ether oxygens (including phenoxy) is 1. The minimum Gasteiger partial charge on any atom is -0.433 e. The van der Waals surface area contributed by atoms with Crippen LogP contribution in [0, 0.1) is 0 Å². The second kappa shape index (κ2) is 6.91. The number of anilines is 1. The maximum Gasteiger partial charge on any atom is 0.387 e. The molecule has 0 spiro atoms. The number of aromatic nitrogens is 3. The van der Waals surface area contributed by atoms with Crippen molar-refractivity contribution >= 4 is 22.0 Å². The molecular weight excluding hydrogens is 338 g/mol. The monoisotopic (exact) mass is 352 g/mol. The van der Waals surface area contributed by atoms with Gasteiger partial charge in [0.1, 0.15) is 10.8 Å². The van der Waals surface area contributed by atoms with E-state index in [1.54, 1.807) is 18.2 Å². The molecular formula is C15H14F2N4O2S. The van der Waals surface area contributed by atoms with E-state index in [-0.39, 0.29) is 17.9 Å². The van der Waals surface area contributed by atoms with Crippen LogP contribution in [0.1, 0.15) is 17.6 Å². The number of para-hydroxylation sites is 2. The molecule has 0 aliphatic heterocycles. The van der Waals surface area contributed by atoms with Crippen LogP contribution >= 0.6 is 11.3 Å². The van der Waals surface area contributed by atoms with Crippen LogP contribution in [-0.2, 0) is 13.0 Å². The molecule has 24 heavy (non-hydrogen) atoms. The van der Waals surface area contributed by atoms with E-state index in [1.165, 1.54) is 28.0 Å². The molecule has 0 fully saturated rings. The molecule has 1 N–H and O–H groups in total. The van der Waals surface area contributed by atoms with Gasteiger partial charge in [-0.15, -0.1) is 0 Å². The molecule has 0 aliphatic carbocycles. The third-order valence-electron chi connectivity index (χ3n) is 3.21. The Kier molecular flexibility index (Phi) is 4.70. The summed E-state index contributed by atoms with van der Waals surface area (Å²) in [5, 5.41) is 7.96. The van der Waals surface area contributed by atoms with Crippen molar-refractivity contribution in [2.75, 3.05) is 5.32 Å². The average molecular weight is 352 g/mol. The molecule has 2 aromatic heterocycles. The van der Waals surface area contributed by atoms with Crippen LogP contribution in [0.5, 0.6) is 5.75 Å². The van der Waals surface area contributed by atoms with Gasteiger partial charge in [-0.05, 0) is 18.6 Å². The molecule has 0 amide bonds. The van der Waals surface area contributed by atoms with Gasteiger partial charge in [0.05, 0.1) is 17.9 Å². The van der Waals surface area contributed by atoms with E-state index in [1.807, 2.05) is 6.92 Å². The standard InChI is InChI=1S/C15H14F2N4O2S/c1-2-12-20-21-13(22)7-9(19-15(21)24-12)8-18-10-5-3-4-6-11(10)23-14(16)17/h3-7,14,18H,2,8H2,1H3. The first kappa shape index (κ1) is 16.3. The molecule has 6 nitrogen and oxygen atoms in total. The first-order chi connectivity index (χ1) is 11.6. The first-order valence-corrected chi connectivity index (χ1v) is 8.05. The quantitative estimate of drug-likeness (QED) is 0.739. The summed E-state index contributed by atoms with van der Waals surface area (Å²) in [6.45, 7) is -0.753. The maximum absolute atomic E-state index is 12.4. The number of hydrogen-bond donors (Lipinski definition) is 1. The van der Waals surface area contributed by atoms with Crippen LogP contribution in [0.2, 0.25) is 0 Å². The third kappa shape index (κ3) is 3.51. The fourth-order valence-corrected chi connectivity index (χ4v) is 2.98. The predicted octanol–water partition coefficient (Wildman–Crippen LogP) is 2.93. The second-order valence-electron chi connectivity index (χ2n) is 4.86. The van der Waals surface area contributed by atoms with Gasteiger partial charge < -0.3 is 10.1 Å². The number of nitrogens with one attached hydrogen (secondary N) is 1. The van der Waals surface area contributed by atoms with Crippen LogP contribution in [-0.4, -0.2) is 21.2 Å². The number of alkyl halides is 2. The fourth-order valence-electron chi connectivity index (χ4n) is 2.13. The van der Waals surface area contributed by atoms with Crippen molar-refractivity contribution in [2.24, 2.45) is 0 Å². The van der Waals surface area contributed by atoms with Gasteiger partial charge >= 0.3 is 6.61 Å². The van der Waals surface area contributed by atoms with Crippen molar-refractivity contribution in [1.82, 2.24) is 14.6 Å². The number of fused-ring (bicyclic) bond motifs is 1. The van der Waals surface area contributed by atoms with E-state index in [2.05, 4.69) is 20.1 Å². The summed E-state index contributed by atoms with van der Waals surface area (Å²) < 4.78 is 30.6. The fraction of sp³-hybridized carbons (Fsp3) is 0.267. The minimum absolute atomic E-state index is 0.0383. The molecule has 3 rings (SSSR count). The molecule has 2 heterocycles. The number of aryl methyl sites for hydroxylation is 1. The summed E-state index contributed by atoms with van der Waals surface area (Å²) in [7, 11) is 0. The van der Waals surface area contributed by atoms with Crippen molar-refractivity contribution in [3.05, 3.63) is 51.4 Å². The zero-order valence-corrected chi connectivity index (χ0v) is 13.5. The van der Waals surface area contributed by atoms with Crippen LogP contribution < -0.4 is 15.6 Å². The number of hydrogen-bond acceptors (Lipinski definition) is 6. The summed E-state index contributed by atoms with van der Waals surface area (Å²) in [5.74, 6) is 0.0383. The van der Waals surface area contributed by atoms with Gasteiger partial charge in [0.15, 0.2) is 0 Å². The molecule has 1 aromatic carbocycles. The normalized spacial score (nSPS) is 11.2. The lowest BCUT2D eigenvalue weighted by atomic mass is 10.3. The maximum atomic E-state index is 12.4. The first-order valence-electron chi connectivity index (χ1n) is 7.23. The molecule has 9 heteroatoms. The van der Waals surface area contributed by atoms with Crippen molar-refractivity contribution in [3.8, 4) is 5.75 Å². The summed E-state index contributed by atoms with van der Waals surface area (Å²) in [6.07, 6.45) is 0.722. The van der Waals surface area contributed by atoms with Gasteiger partial charge in [-0.2, -0.15) is 18.4 Å². The second-order valence-corrected chi connectivity index (χ2v) is 5.90. The largest absolute Gasteiger partial charge is 0.433 e. The lowest BCUT2D eigenvalue weighted by molar-refractivity contribution is -0.0493. The van der Waals surface area contributed by atoms with Crippen LogP contribution in [0.15, 0.2) is 35.1 Å². The van der Waals surface area contributed by atoms with E-state index in [0.717, 1.165) is 11.4 Å². The number of rotatable bonds is 6. The molecule has 0 aliphatic rings. The number of halogens is 2. The topological polar surface area (TPSA) is 68.5 Å². The van der Waals surface area contributed by atoms with Gasteiger partial charge in [-0.25, -0.2) is 4.98 Å². The van der Waals surface area contributed by atoms with Gasteiger partial charge in [0.25, 0.3) is 5.56 Å². The molecule has 126 valence electrons. The smallest absolute Gasteiger partial charge is 0.387 e. The van der Waals surface area contributed by atoms with Crippen LogP contribution in [0.4, 0.5) is 14.5 Å². The van der Waals surface area contributed by atoms with E-state index >= 15 is 0 Å². The Balaban J connectivity index is 1.82. The highest BCUT2D eigenvalue weighted by Gasteiger charge is 2.11. The van der Waals surface area contributed by atoms with E-state index in [0.29, 0.717) is 16.3 Å². The molecule has 3 aromatic rings. The van der Waals surface area contributed by atoms with Crippen molar-refractivity contribution in [2.45, 2.75) is 26.5 Å². The third-order valence-corrected chi connectivity index (χ3v) is 4.26. The van der Waals surface area contributed by atoms with Crippen molar-refractivity contribution in [1.29, 1.82) is 0 Å². The Morgan fingerprint density at radius 3 is 2.92 bits per heavy atom. The highest BCUT2D eigenvalue weighted by Crippen LogP contribution is 2.25. The highest BCUT2D eigenvalue weighted by molar-refractivity contribution is 7.16. The van der Waals surface area contributed by atoms with Gasteiger partial charge in [-0.1, -0.05) is 30.4 Å². The summed E-state index contributed by atoms with van der Waals surface area (Å²) >= 11 is 1.35. The Morgan fingerprint density at radius 1 is 1.38 bits per heavy atom. The SMILES string of the molecule is CCc1nn2c(=O)cc(CNc3ccccc3OC(F)F)nc2s1. The summed E-state index contributed by atoms with van der Waals surface area (Å²) in [4.78, 5) is 17.0. The van der Waals surface area contributed by atoms with E-state index < -0.39 is 6.61 Å². The Hall–Kier alpha value is -2.55. The Bertz CT molecular complexity index is 910. The van der Waals surface area contributed by atoms with Crippen LogP contribution in [0.3, 0.4) is 0 Å². The lowest BCUT2D eigenvalue weighted by Crippen LogP contribution is -2.17. The minimum atomic E-state index is -2.91. The summed E-state index contributed by atoms with van der Waals surface area (Å²) in [6, 6.07) is 7.73. The molecule has 0 radical (unpaired) electrons. The van der Waals surface area contributed by atoms with Gasteiger partial charge in [-0.3, -0.25) is 4.79 Å². The van der Waals surface area contributed by atoms with Gasteiger partial charge in [0.2, 0.25) is 4.96 Å². The number of benzene rings is 1. The molecule has 0 unspecified atom stereocenters. The van der Waals surface area contributed by atoms with Crippen LogP contribution in [0.25, 0.3) is 4.96 Å². The zero-order chi connectivity index (χ0) is 17.1. The average Bonchev–Trinajstić information content (AvgIpc) is 2.97. The molecule has 0 saturated heterocycles. The predicted molar refractivity (Wildman–Crippen MR) is 86.9 cm³/mol. The lowest BCUT2D eigenvalue weighted by Gasteiger charge is -2.12. The number of nitrogens with zero attached hydrogens (tertiary/aromatic N) is 3. The Labute approximate surface area is 139 Å². The van der Waals surface area contributed by atoms with Crippen molar-refractivity contribution in [3.63, 3.8) is 0 Å².